The van der Waals surface area contributed by atoms with E-state index in [9.17, 15) is 9.18 Å². The summed E-state index contributed by atoms with van der Waals surface area (Å²) in [6.45, 7) is 3.86. The number of ether oxygens (including phenoxy) is 1. The van der Waals surface area contributed by atoms with Crippen molar-refractivity contribution in [2.24, 2.45) is 0 Å². The highest BCUT2D eigenvalue weighted by atomic mass is 19.1. The minimum atomic E-state index is -0.449. The van der Waals surface area contributed by atoms with Crippen LogP contribution in [-0.4, -0.2) is 22.0 Å². The Morgan fingerprint density at radius 3 is 2.81 bits per heavy atom. The van der Waals surface area contributed by atoms with Crippen molar-refractivity contribution >= 4 is 5.91 Å². The maximum absolute atomic E-state index is 13.8. The molecule has 1 aromatic carbocycles. The summed E-state index contributed by atoms with van der Waals surface area (Å²) in [5, 5.41) is 2.65. The molecule has 2 rings (SSSR count). The molecule has 21 heavy (non-hydrogen) atoms. The lowest BCUT2D eigenvalue weighted by molar-refractivity contribution is 0.0945. The molecule has 2 aromatic rings. The number of amides is 1. The van der Waals surface area contributed by atoms with E-state index in [1.807, 2.05) is 13.8 Å². The lowest BCUT2D eigenvalue weighted by Crippen LogP contribution is -2.24. The third-order valence-corrected chi connectivity index (χ3v) is 2.61. The van der Waals surface area contributed by atoms with Gasteiger partial charge >= 0.3 is 0 Å². The number of carbonyl (C=O) groups is 1. The van der Waals surface area contributed by atoms with E-state index >= 15 is 0 Å². The van der Waals surface area contributed by atoms with Gasteiger partial charge in [0, 0.05) is 18.9 Å². The number of aromatic nitrogens is 2. The number of hydrogen-bond donors (Lipinski definition) is 1. The number of nitrogens with one attached hydrogen (secondary N) is 1. The lowest BCUT2D eigenvalue weighted by Gasteiger charge is -2.11. The molecule has 5 nitrogen and oxygen atoms in total. The van der Waals surface area contributed by atoms with Crippen molar-refractivity contribution in [2.45, 2.75) is 26.5 Å². The van der Waals surface area contributed by atoms with Crippen LogP contribution in [0.2, 0.25) is 0 Å². The summed E-state index contributed by atoms with van der Waals surface area (Å²) in [6, 6.07) is 4.60. The van der Waals surface area contributed by atoms with Gasteiger partial charge in [-0.3, -0.25) is 9.78 Å². The fourth-order valence-corrected chi connectivity index (χ4v) is 1.69. The van der Waals surface area contributed by atoms with Crippen LogP contribution in [0.25, 0.3) is 0 Å². The highest BCUT2D eigenvalue weighted by Gasteiger charge is 2.09. The first-order valence-corrected chi connectivity index (χ1v) is 6.55. The average Bonchev–Trinajstić information content (AvgIpc) is 2.48. The van der Waals surface area contributed by atoms with Crippen LogP contribution >= 0.6 is 0 Å². The first kappa shape index (κ1) is 14.9. The molecule has 1 N–H and O–H groups in total. The highest BCUT2D eigenvalue weighted by molar-refractivity contribution is 5.91. The summed E-state index contributed by atoms with van der Waals surface area (Å²) in [4.78, 5) is 19.5. The van der Waals surface area contributed by atoms with Crippen LogP contribution < -0.4 is 10.1 Å². The summed E-state index contributed by atoms with van der Waals surface area (Å²) in [6.07, 6.45) is 4.20. The molecule has 6 heteroatoms. The smallest absolute Gasteiger partial charge is 0.271 e. The fourth-order valence-electron chi connectivity index (χ4n) is 1.69. The van der Waals surface area contributed by atoms with Gasteiger partial charge in [-0.05, 0) is 31.5 Å². The molecule has 0 aliphatic rings. The molecule has 0 saturated carbocycles. The standard InChI is InChI=1S/C15H16FN3O2/c1-10(2)21-14-4-3-11(7-12(14)16)8-19-15(20)13-9-17-5-6-18-13/h3-7,9-10H,8H2,1-2H3,(H,19,20). The molecule has 1 amide bonds. The van der Waals surface area contributed by atoms with Crippen molar-refractivity contribution in [2.75, 3.05) is 0 Å². The van der Waals surface area contributed by atoms with Crippen molar-refractivity contribution in [3.8, 4) is 5.75 Å². The Bertz CT molecular complexity index is 618. The van der Waals surface area contributed by atoms with E-state index in [1.165, 1.54) is 24.7 Å². The monoisotopic (exact) mass is 289 g/mol. The minimum absolute atomic E-state index is 0.0956. The number of hydrogen-bond acceptors (Lipinski definition) is 4. The van der Waals surface area contributed by atoms with Gasteiger partial charge < -0.3 is 10.1 Å². The summed E-state index contributed by atoms with van der Waals surface area (Å²) in [5.41, 5.74) is 0.860. The minimum Gasteiger partial charge on any atom is -0.488 e. The Hall–Kier alpha value is -2.50. The molecule has 0 bridgehead atoms. The van der Waals surface area contributed by atoms with Gasteiger partial charge in [0.2, 0.25) is 0 Å². The second kappa shape index (κ2) is 6.78. The zero-order chi connectivity index (χ0) is 15.2. The first-order chi connectivity index (χ1) is 10.1. The van der Waals surface area contributed by atoms with E-state index in [2.05, 4.69) is 15.3 Å². The van der Waals surface area contributed by atoms with E-state index in [4.69, 9.17) is 4.74 Å². The molecule has 0 atom stereocenters. The van der Waals surface area contributed by atoms with Gasteiger partial charge in [-0.25, -0.2) is 9.37 Å². The molecule has 0 unspecified atom stereocenters. The normalized spacial score (nSPS) is 10.5. The van der Waals surface area contributed by atoms with E-state index in [1.54, 1.807) is 12.1 Å². The molecule has 0 radical (unpaired) electrons. The zero-order valence-corrected chi connectivity index (χ0v) is 11.8. The van der Waals surface area contributed by atoms with E-state index < -0.39 is 5.82 Å². The average molecular weight is 289 g/mol. The molecule has 110 valence electrons. The maximum Gasteiger partial charge on any atom is 0.271 e. The van der Waals surface area contributed by atoms with Crippen molar-refractivity contribution in [3.63, 3.8) is 0 Å². The summed E-state index contributed by atoms with van der Waals surface area (Å²) in [5.74, 6) is -0.602. The maximum atomic E-state index is 13.8. The predicted molar refractivity (Wildman–Crippen MR) is 75.4 cm³/mol. The first-order valence-electron chi connectivity index (χ1n) is 6.55. The Morgan fingerprint density at radius 1 is 1.38 bits per heavy atom. The van der Waals surface area contributed by atoms with Crippen LogP contribution in [0.3, 0.4) is 0 Å². The molecule has 0 aliphatic heterocycles. The third-order valence-electron chi connectivity index (χ3n) is 2.61. The topological polar surface area (TPSA) is 64.1 Å². The predicted octanol–water partition coefficient (Wildman–Crippen LogP) is 2.33. The Kier molecular flexibility index (Phi) is 4.81. The number of benzene rings is 1. The van der Waals surface area contributed by atoms with E-state index in [-0.39, 0.29) is 30.0 Å². The Morgan fingerprint density at radius 2 is 2.19 bits per heavy atom. The highest BCUT2D eigenvalue weighted by Crippen LogP contribution is 2.19. The van der Waals surface area contributed by atoms with Crippen LogP contribution in [0.15, 0.2) is 36.8 Å². The van der Waals surface area contributed by atoms with Crippen LogP contribution in [0.1, 0.15) is 29.9 Å². The molecule has 0 aliphatic carbocycles. The summed E-state index contributed by atoms with van der Waals surface area (Å²) < 4.78 is 19.1. The quantitative estimate of drug-likeness (QED) is 0.917. The molecule has 0 saturated heterocycles. The number of carbonyl (C=O) groups excluding carboxylic acids is 1. The molecular formula is C15H16FN3O2. The lowest BCUT2D eigenvalue weighted by atomic mass is 10.2. The van der Waals surface area contributed by atoms with Crippen molar-refractivity contribution < 1.29 is 13.9 Å². The van der Waals surface area contributed by atoms with Gasteiger partial charge in [-0.15, -0.1) is 0 Å². The molecule has 1 heterocycles. The Balaban J connectivity index is 1.98. The number of halogens is 1. The number of rotatable bonds is 5. The summed E-state index contributed by atoms with van der Waals surface area (Å²) in [7, 11) is 0. The van der Waals surface area contributed by atoms with Gasteiger partial charge in [-0.1, -0.05) is 6.07 Å². The van der Waals surface area contributed by atoms with Crippen molar-refractivity contribution in [3.05, 3.63) is 53.9 Å². The van der Waals surface area contributed by atoms with Gasteiger partial charge in [0.15, 0.2) is 11.6 Å². The van der Waals surface area contributed by atoms with Crippen LogP contribution in [-0.2, 0) is 6.54 Å². The number of nitrogens with zero attached hydrogens (tertiary/aromatic N) is 2. The second-order valence-corrected chi connectivity index (χ2v) is 4.70. The molecule has 1 aromatic heterocycles. The van der Waals surface area contributed by atoms with Crippen LogP contribution in [0.4, 0.5) is 4.39 Å². The fraction of sp³-hybridized carbons (Fsp3) is 0.267. The van der Waals surface area contributed by atoms with Crippen molar-refractivity contribution in [1.29, 1.82) is 0 Å². The van der Waals surface area contributed by atoms with Gasteiger partial charge in [0.1, 0.15) is 5.69 Å². The SMILES string of the molecule is CC(C)Oc1ccc(CNC(=O)c2cnccn2)cc1F. The molecule has 0 spiro atoms. The van der Waals surface area contributed by atoms with E-state index in [0.717, 1.165) is 0 Å². The van der Waals surface area contributed by atoms with Gasteiger partial charge in [0.25, 0.3) is 5.91 Å². The van der Waals surface area contributed by atoms with Crippen LogP contribution in [0, 0.1) is 5.82 Å². The molecule has 0 fully saturated rings. The van der Waals surface area contributed by atoms with E-state index in [0.29, 0.717) is 5.56 Å². The molecular weight excluding hydrogens is 273 g/mol. The largest absolute Gasteiger partial charge is 0.488 e. The van der Waals surface area contributed by atoms with Gasteiger partial charge in [0.05, 0.1) is 12.3 Å². The van der Waals surface area contributed by atoms with Crippen LogP contribution in [0.5, 0.6) is 5.75 Å². The zero-order valence-electron chi connectivity index (χ0n) is 11.8. The second-order valence-electron chi connectivity index (χ2n) is 4.70. The van der Waals surface area contributed by atoms with Crippen molar-refractivity contribution in [1.82, 2.24) is 15.3 Å². The van der Waals surface area contributed by atoms with Gasteiger partial charge in [-0.2, -0.15) is 0 Å². The third kappa shape index (κ3) is 4.24. The Labute approximate surface area is 122 Å². The summed E-state index contributed by atoms with van der Waals surface area (Å²) >= 11 is 0.